The van der Waals surface area contributed by atoms with Crippen molar-refractivity contribution in [1.82, 2.24) is 9.97 Å². The van der Waals surface area contributed by atoms with Crippen LogP contribution >= 0.6 is 0 Å². The van der Waals surface area contributed by atoms with Gasteiger partial charge in [-0.15, -0.1) is 0 Å². The number of carbonyl (C=O) groups is 1. The van der Waals surface area contributed by atoms with Gasteiger partial charge in [0, 0.05) is 6.07 Å². The molecule has 0 fully saturated rings. The van der Waals surface area contributed by atoms with Crippen LogP contribution < -0.4 is 15.4 Å². The van der Waals surface area contributed by atoms with Crippen LogP contribution in [0.4, 0.5) is 51.4 Å². The number of amides is 2. The van der Waals surface area contributed by atoms with E-state index >= 15 is 0 Å². The maximum Gasteiger partial charge on any atom is 0.422 e. The zero-order chi connectivity index (χ0) is 23.4. The minimum atomic E-state index is -4.97. The number of urea groups is 1. The Morgan fingerprint density at radius 2 is 1.74 bits per heavy atom. The Morgan fingerprint density at radius 3 is 2.26 bits per heavy atom. The second kappa shape index (κ2) is 8.73. The molecule has 168 valence electrons. The maximum atomic E-state index is 13.4. The van der Waals surface area contributed by atoms with Crippen LogP contribution in [0.25, 0.3) is 0 Å². The van der Waals surface area contributed by atoms with E-state index < -0.39 is 53.9 Å². The number of ether oxygens (including phenoxy) is 1. The third kappa shape index (κ3) is 7.08. The number of rotatable bonds is 6. The lowest BCUT2D eigenvalue weighted by molar-refractivity contribution is -0.154. The van der Waals surface area contributed by atoms with E-state index in [4.69, 9.17) is 0 Å². The molecule has 2 aromatic heterocycles. The Kier molecular flexibility index (Phi) is 6.71. The number of nitrogens with one attached hydrogen (secondary N) is 2. The van der Waals surface area contributed by atoms with E-state index in [0.717, 1.165) is 18.3 Å². The van der Waals surface area contributed by atoms with Gasteiger partial charge in [0.1, 0.15) is 11.5 Å². The van der Waals surface area contributed by atoms with Crippen LogP contribution in [0.2, 0.25) is 0 Å². The minimum Gasteiger partial charge on any atom is -0.468 e. The first-order chi connectivity index (χ1) is 14.2. The van der Waals surface area contributed by atoms with E-state index in [-0.39, 0.29) is 11.8 Å². The molecule has 0 atom stereocenters. The predicted octanol–water partition coefficient (Wildman–Crippen LogP) is 5.36. The average Bonchev–Trinajstić information content (AvgIpc) is 2.65. The Morgan fingerprint density at radius 1 is 1.06 bits per heavy atom. The first-order valence-electron chi connectivity index (χ1n) is 8.04. The summed E-state index contributed by atoms with van der Waals surface area (Å²) in [6, 6.07) is 1.35. The molecule has 0 bridgehead atoms. The van der Waals surface area contributed by atoms with E-state index in [0.29, 0.717) is 12.1 Å². The summed E-state index contributed by atoms with van der Waals surface area (Å²) in [6.07, 6.45) is -8.60. The standard InChI is InChI=1S/C17H12F8N4O2/c1-2-15(18,19)11-4-3-10(7-26-11)27-14(30)29-12-5-9(17(23,24)25)6-13(28-12)31-8-16(20,21)22/h2-7H,1,8H2,(H2,27,28,29,30). The van der Waals surface area contributed by atoms with Gasteiger partial charge in [-0.05, 0) is 24.3 Å². The second-order valence-corrected chi connectivity index (χ2v) is 5.82. The number of allylic oxidation sites excluding steroid dienone is 1. The van der Waals surface area contributed by atoms with Crippen molar-refractivity contribution in [2.45, 2.75) is 18.3 Å². The number of hydrogen-bond donors (Lipinski definition) is 2. The minimum absolute atomic E-state index is 0.110. The molecule has 0 saturated carbocycles. The van der Waals surface area contributed by atoms with Gasteiger partial charge in [-0.1, -0.05) is 6.58 Å². The number of anilines is 2. The molecule has 0 spiro atoms. The molecule has 2 aromatic rings. The van der Waals surface area contributed by atoms with Gasteiger partial charge in [0.2, 0.25) is 5.88 Å². The van der Waals surface area contributed by atoms with Gasteiger partial charge in [-0.3, -0.25) is 10.3 Å². The van der Waals surface area contributed by atoms with E-state index in [1.807, 2.05) is 5.32 Å². The Balaban J connectivity index is 2.16. The normalized spacial score (nSPS) is 12.3. The van der Waals surface area contributed by atoms with Gasteiger partial charge >= 0.3 is 24.3 Å². The molecule has 0 radical (unpaired) electrons. The van der Waals surface area contributed by atoms with Crippen molar-refractivity contribution < 1.29 is 44.7 Å². The molecule has 0 aliphatic carbocycles. The lowest BCUT2D eigenvalue weighted by atomic mass is 10.2. The van der Waals surface area contributed by atoms with Crippen molar-refractivity contribution >= 4 is 17.5 Å². The summed E-state index contributed by atoms with van der Waals surface area (Å²) in [5, 5.41) is 3.98. The molecule has 31 heavy (non-hydrogen) atoms. The molecule has 2 N–H and O–H groups in total. The maximum absolute atomic E-state index is 13.4. The summed E-state index contributed by atoms with van der Waals surface area (Å²) in [7, 11) is 0. The number of nitrogens with zero attached hydrogens (tertiary/aromatic N) is 2. The zero-order valence-corrected chi connectivity index (χ0v) is 15.1. The second-order valence-electron chi connectivity index (χ2n) is 5.82. The van der Waals surface area contributed by atoms with Crippen molar-refractivity contribution in [1.29, 1.82) is 0 Å². The van der Waals surface area contributed by atoms with Gasteiger partial charge in [0.05, 0.1) is 17.4 Å². The third-order valence-corrected chi connectivity index (χ3v) is 3.37. The van der Waals surface area contributed by atoms with E-state index in [1.54, 1.807) is 0 Å². The fraction of sp³-hybridized carbons (Fsp3) is 0.235. The Hall–Kier alpha value is -3.45. The lowest BCUT2D eigenvalue weighted by Gasteiger charge is -2.14. The highest BCUT2D eigenvalue weighted by molar-refractivity contribution is 5.99. The topological polar surface area (TPSA) is 76.1 Å². The highest BCUT2D eigenvalue weighted by Crippen LogP contribution is 2.33. The van der Waals surface area contributed by atoms with Crippen LogP contribution in [0, 0.1) is 0 Å². The number of carbonyl (C=O) groups excluding carboxylic acids is 1. The third-order valence-electron chi connectivity index (χ3n) is 3.37. The number of hydrogen-bond acceptors (Lipinski definition) is 4. The molecular formula is C17H12F8N4O2. The molecule has 6 nitrogen and oxygen atoms in total. The number of pyridine rings is 2. The SMILES string of the molecule is C=CC(F)(F)c1ccc(NC(=O)Nc2cc(C(F)(F)F)cc(OCC(F)(F)F)n2)cn1. The Labute approximate surface area is 168 Å². The molecule has 0 aromatic carbocycles. The highest BCUT2D eigenvalue weighted by atomic mass is 19.4. The molecule has 0 unspecified atom stereocenters. The van der Waals surface area contributed by atoms with Crippen LogP contribution in [0.1, 0.15) is 11.3 Å². The van der Waals surface area contributed by atoms with Gasteiger partial charge in [0.15, 0.2) is 6.61 Å². The van der Waals surface area contributed by atoms with Gasteiger partial charge in [-0.25, -0.2) is 4.79 Å². The predicted molar refractivity (Wildman–Crippen MR) is 91.8 cm³/mol. The first kappa shape index (κ1) is 23.8. The van der Waals surface area contributed by atoms with Crippen LogP contribution in [0.3, 0.4) is 0 Å². The number of alkyl halides is 8. The van der Waals surface area contributed by atoms with Crippen LogP contribution in [0.5, 0.6) is 5.88 Å². The van der Waals surface area contributed by atoms with Crippen molar-refractivity contribution in [2.24, 2.45) is 0 Å². The van der Waals surface area contributed by atoms with Crippen LogP contribution in [-0.4, -0.2) is 28.8 Å². The number of aromatic nitrogens is 2. The largest absolute Gasteiger partial charge is 0.468 e. The smallest absolute Gasteiger partial charge is 0.422 e. The fourth-order valence-corrected chi connectivity index (χ4v) is 2.01. The number of halogens is 8. The molecule has 2 heterocycles. The van der Waals surface area contributed by atoms with E-state index in [1.165, 1.54) is 0 Å². The van der Waals surface area contributed by atoms with E-state index in [2.05, 4.69) is 26.6 Å². The van der Waals surface area contributed by atoms with Crippen LogP contribution in [-0.2, 0) is 12.1 Å². The fourth-order valence-electron chi connectivity index (χ4n) is 2.01. The summed E-state index contributed by atoms with van der Waals surface area (Å²) in [4.78, 5) is 18.8. The summed E-state index contributed by atoms with van der Waals surface area (Å²) in [5.41, 5.74) is -2.20. The zero-order valence-electron chi connectivity index (χ0n) is 15.1. The summed E-state index contributed by atoms with van der Waals surface area (Å²) in [5.74, 6) is -5.22. The van der Waals surface area contributed by atoms with Crippen molar-refractivity contribution in [3.63, 3.8) is 0 Å². The van der Waals surface area contributed by atoms with Gasteiger partial charge < -0.3 is 10.1 Å². The summed E-state index contributed by atoms with van der Waals surface area (Å²) >= 11 is 0. The molecule has 0 saturated heterocycles. The van der Waals surface area contributed by atoms with Gasteiger partial charge in [0.25, 0.3) is 0 Å². The molecule has 0 aliphatic rings. The summed E-state index contributed by atoms with van der Waals surface area (Å²) in [6.45, 7) is 1.05. The van der Waals surface area contributed by atoms with Crippen LogP contribution in [0.15, 0.2) is 43.1 Å². The van der Waals surface area contributed by atoms with Crippen molar-refractivity contribution in [2.75, 3.05) is 17.2 Å². The first-order valence-corrected chi connectivity index (χ1v) is 8.04. The lowest BCUT2D eigenvalue weighted by Crippen LogP contribution is -2.22. The molecule has 14 heteroatoms. The van der Waals surface area contributed by atoms with Crippen molar-refractivity contribution in [3.8, 4) is 5.88 Å². The van der Waals surface area contributed by atoms with E-state index in [9.17, 15) is 39.9 Å². The summed E-state index contributed by atoms with van der Waals surface area (Å²) < 4.78 is 107. The quantitative estimate of drug-likeness (QED) is 0.454. The van der Waals surface area contributed by atoms with Gasteiger partial charge in [-0.2, -0.15) is 40.1 Å². The molecule has 0 aliphatic heterocycles. The molecule has 2 amide bonds. The van der Waals surface area contributed by atoms with Crippen molar-refractivity contribution in [3.05, 3.63) is 54.4 Å². The highest BCUT2D eigenvalue weighted by Gasteiger charge is 2.33. The molecule has 2 rings (SSSR count). The Bertz CT molecular complexity index is 943. The molecular weight excluding hydrogens is 444 g/mol. The average molecular weight is 456 g/mol. The monoisotopic (exact) mass is 456 g/mol.